The van der Waals surface area contributed by atoms with Crippen LogP contribution in [-0.4, -0.2) is 8.07 Å². The summed E-state index contributed by atoms with van der Waals surface area (Å²) < 4.78 is 13.2. The molecule has 0 aliphatic rings. The highest BCUT2D eigenvalue weighted by molar-refractivity contribution is 7.00. The standard InChI is InChI=1S/C23H25FSi/c1-4-5-18-6-8-19(9-7-18)20-10-14-22(15-11-20)25(2,3)23-16-12-21(24)13-17-23/h6-17H,4-5H2,1-3H3. The van der Waals surface area contributed by atoms with Crippen molar-refractivity contribution in [3.05, 3.63) is 84.2 Å². The third-order valence-corrected chi connectivity index (χ3v) is 8.55. The van der Waals surface area contributed by atoms with Gasteiger partial charge in [0.2, 0.25) is 0 Å². The molecule has 0 spiro atoms. The van der Waals surface area contributed by atoms with Crippen molar-refractivity contribution >= 4 is 18.4 Å². The summed E-state index contributed by atoms with van der Waals surface area (Å²) in [5.41, 5.74) is 3.90. The van der Waals surface area contributed by atoms with Gasteiger partial charge in [-0.05, 0) is 35.2 Å². The van der Waals surface area contributed by atoms with Gasteiger partial charge in [0.25, 0.3) is 0 Å². The van der Waals surface area contributed by atoms with Crippen LogP contribution in [0.1, 0.15) is 18.9 Å². The summed E-state index contributed by atoms with van der Waals surface area (Å²) in [6.45, 7) is 6.84. The lowest BCUT2D eigenvalue weighted by Gasteiger charge is -2.24. The lowest BCUT2D eigenvalue weighted by atomic mass is 10.0. The minimum absolute atomic E-state index is 0.171. The van der Waals surface area contributed by atoms with Crippen LogP contribution >= 0.6 is 0 Å². The molecule has 0 unspecified atom stereocenters. The molecule has 3 aromatic rings. The second-order valence-corrected chi connectivity index (χ2v) is 11.6. The van der Waals surface area contributed by atoms with E-state index in [1.54, 1.807) is 12.1 Å². The summed E-state index contributed by atoms with van der Waals surface area (Å²) >= 11 is 0. The number of benzene rings is 3. The molecule has 0 saturated heterocycles. The molecule has 25 heavy (non-hydrogen) atoms. The summed E-state index contributed by atoms with van der Waals surface area (Å²) in [4.78, 5) is 0. The summed E-state index contributed by atoms with van der Waals surface area (Å²) in [6, 6.07) is 24.8. The van der Waals surface area contributed by atoms with Crippen molar-refractivity contribution in [3.63, 3.8) is 0 Å². The Bertz CT molecular complexity index is 815. The van der Waals surface area contributed by atoms with Crippen LogP contribution in [0, 0.1) is 5.82 Å². The van der Waals surface area contributed by atoms with Crippen molar-refractivity contribution < 1.29 is 4.39 Å². The molecule has 0 radical (unpaired) electrons. The van der Waals surface area contributed by atoms with Crippen molar-refractivity contribution in [3.8, 4) is 11.1 Å². The first-order valence-corrected chi connectivity index (χ1v) is 12.0. The molecule has 0 saturated carbocycles. The zero-order valence-corrected chi connectivity index (χ0v) is 16.2. The van der Waals surface area contributed by atoms with E-state index in [1.807, 2.05) is 12.1 Å². The monoisotopic (exact) mass is 348 g/mol. The molecule has 3 rings (SSSR count). The van der Waals surface area contributed by atoms with E-state index in [9.17, 15) is 4.39 Å². The van der Waals surface area contributed by atoms with Gasteiger partial charge in [-0.15, -0.1) is 0 Å². The average Bonchev–Trinajstić information content (AvgIpc) is 2.63. The van der Waals surface area contributed by atoms with Crippen molar-refractivity contribution in [2.75, 3.05) is 0 Å². The van der Waals surface area contributed by atoms with Gasteiger partial charge in [0.15, 0.2) is 0 Å². The van der Waals surface area contributed by atoms with Gasteiger partial charge in [-0.3, -0.25) is 0 Å². The van der Waals surface area contributed by atoms with E-state index in [0.717, 1.165) is 6.42 Å². The Morgan fingerprint density at radius 2 is 1.12 bits per heavy atom. The third kappa shape index (κ3) is 3.90. The highest BCUT2D eigenvalue weighted by atomic mass is 28.3. The van der Waals surface area contributed by atoms with E-state index in [2.05, 4.69) is 68.5 Å². The highest BCUT2D eigenvalue weighted by Gasteiger charge is 2.25. The summed E-state index contributed by atoms with van der Waals surface area (Å²) in [7, 11) is -1.79. The zero-order chi connectivity index (χ0) is 17.9. The minimum atomic E-state index is -1.79. The van der Waals surface area contributed by atoms with Gasteiger partial charge >= 0.3 is 0 Å². The molecule has 0 bridgehead atoms. The Morgan fingerprint density at radius 3 is 1.60 bits per heavy atom. The fourth-order valence-electron chi connectivity index (χ4n) is 3.27. The smallest absolute Gasteiger partial charge is 0.123 e. The van der Waals surface area contributed by atoms with Crippen LogP contribution in [0.5, 0.6) is 0 Å². The molecule has 0 aromatic heterocycles. The van der Waals surface area contributed by atoms with Gasteiger partial charge in [0.05, 0.1) is 0 Å². The molecule has 0 fully saturated rings. The van der Waals surface area contributed by atoms with Crippen molar-refractivity contribution in [2.24, 2.45) is 0 Å². The van der Waals surface area contributed by atoms with E-state index < -0.39 is 8.07 Å². The van der Waals surface area contributed by atoms with Crippen molar-refractivity contribution in [1.29, 1.82) is 0 Å². The first-order valence-electron chi connectivity index (χ1n) is 8.96. The summed E-state index contributed by atoms with van der Waals surface area (Å²) in [5.74, 6) is -0.171. The van der Waals surface area contributed by atoms with Gasteiger partial charge in [-0.25, -0.2) is 4.39 Å². The van der Waals surface area contributed by atoms with Crippen molar-refractivity contribution in [1.82, 2.24) is 0 Å². The third-order valence-electron chi connectivity index (χ3n) is 5.00. The minimum Gasteiger partial charge on any atom is -0.207 e. The molecule has 0 aliphatic carbocycles. The molecule has 0 aliphatic heterocycles. The maximum atomic E-state index is 13.2. The van der Waals surface area contributed by atoms with E-state index in [0.29, 0.717) is 0 Å². The highest BCUT2D eigenvalue weighted by Crippen LogP contribution is 2.20. The van der Waals surface area contributed by atoms with Crippen LogP contribution in [0.25, 0.3) is 11.1 Å². The van der Waals surface area contributed by atoms with Gasteiger partial charge in [0, 0.05) is 0 Å². The van der Waals surface area contributed by atoms with Crippen molar-refractivity contribution in [2.45, 2.75) is 32.9 Å². The Labute approximate surface area is 151 Å². The Morgan fingerprint density at radius 1 is 0.680 bits per heavy atom. The van der Waals surface area contributed by atoms with Gasteiger partial charge in [0.1, 0.15) is 13.9 Å². The molecular weight excluding hydrogens is 323 g/mol. The molecule has 2 heteroatoms. The van der Waals surface area contributed by atoms with E-state index in [4.69, 9.17) is 0 Å². The number of hydrogen-bond donors (Lipinski definition) is 0. The maximum Gasteiger partial charge on any atom is 0.123 e. The largest absolute Gasteiger partial charge is 0.207 e. The molecule has 0 amide bonds. The van der Waals surface area contributed by atoms with Gasteiger partial charge in [-0.1, -0.05) is 97.5 Å². The Balaban J connectivity index is 1.85. The van der Waals surface area contributed by atoms with Crippen LogP contribution in [0.15, 0.2) is 72.8 Å². The molecular formula is C23H25FSi. The van der Waals surface area contributed by atoms with E-state index in [1.165, 1.54) is 33.5 Å². The normalized spacial score (nSPS) is 11.5. The van der Waals surface area contributed by atoms with Gasteiger partial charge in [-0.2, -0.15) is 0 Å². The molecule has 3 aromatic carbocycles. The second-order valence-electron chi connectivity index (χ2n) is 7.16. The van der Waals surface area contributed by atoms with Crippen LogP contribution in [0.3, 0.4) is 0 Å². The van der Waals surface area contributed by atoms with Crippen LogP contribution < -0.4 is 10.4 Å². The first-order chi connectivity index (χ1) is 12.0. The summed E-state index contributed by atoms with van der Waals surface area (Å²) in [6.07, 6.45) is 2.31. The Hall–Kier alpha value is -2.19. The molecule has 128 valence electrons. The van der Waals surface area contributed by atoms with Gasteiger partial charge < -0.3 is 0 Å². The predicted molar refractivity (Wildman–Crippen MR) is 109 cm³/mol. The van der Waals surface area contributed by atoms with E-state index >= 15 is 0 Å². The van der Waals surface area contributed by atoms with Crippen LogP contribution in [0.2, 0.25) is 13.1 Å². The number of halogens is 1. The van der Waals surface area contributed by atoms with Crippen LogP contribution in [-0.2, 0) is 6.42 Å². The SMILES string of the molecule is CCCc1ccc(-c2ccc([Si](C)(C)c3ccc(F)cc3)cc2)cc1. The number of rotatable bonds is 5. The molecule has 0 heterocycles. The number of hydrogen-bond acceptors (Lipinski definition) is 0. The second kappa shape index (κ2) is 7.36. The first kappa shape index (κ1) is 17.6. The predicted octanol–water partition coefficient (Wildman–Crippen LogP) is 5.27. The number of aryl methyl sites for hydroxylation is 1. The maximum absolute atomic E-state index is 13.2. The fourth-order valence-corrected chi connectivity index (χ4v) is 5.60. The van der Waals surface area contributed by atoms with E-state index in [-0.39, 0.29) is 5.82 Å². The topological polar surface area (TPSA) is 0 Å². The molecule has 0 nitrogen and oxygen atoms in total. The lowest BCUT2D eigenvalue weighted by Crippen LogP contribution is -2.52. The fraction of sp³-hybridized carbons (Fsp3) is 0.217. The quantitative estimate of drug-likeness (QED) is 0.551. The van der Waals surface area contributed by atoms with Crippen LogP contribution in [0.4, 0.5) is 4.39 Å². The molecule has 0 N–H and O–H groups in total. The molecule has 0 atom stereocenters. The average molecular weight is 349 g/mol. The zero-order valence-electron chi connectivity index (χ0n) is 15.2. The lowest BCUT2D eigenvalue weighted by molar-refractivity contribution is 0.628. The summed E-state index contributed by atoms with van der Waals surface area (Å²) in [5, 5.41) is 2.62. The Kier molecular flexibility index (Phi) is 5.19.